The van der Waals surface area contributed by atoms with Crippen molar-refractivity contribution in [3.8, 4) is 0 Å². The van der Waals surface area contributed by atoms with E-state index in [1.54, 1.807) is 31.2 Å². The molecule has 0 aliphatic heterocycles. The SMILES string of the molecule is C/C(=N/NC(=O)c1ccccc1F)c1cccc(N)c1. The van der Waals surface area contributed by atoms with E-state index in [1.807, 2.05) is 6.07 Å². The second-order valence-electron chi connectivity index (χ2n) is 4.24. The Morgan fingerprint density at radius 3 is 2.65 bits per heavy atom. The average Bonchev–Trinajstić information content (AvgIpc) is 2.45. The lowest BCUT2D eigenvalue weighted by molar-refractivity contribution is 0.0951. The van der Waals surface area contributed by atoms with Crippen molar-refractivity contribution in [2.24, 2.45) is 5.10 Å². The molecule has 5 heteroatoms. The van der Waals surface area contributed by atoms with E-state index in [0.29, 0.717) is 11.4 Å². The van der Waals surface area contributed by atoms with Gasteiger partial charge in [0.05, 0.1) is 11.3 Å². The zero-order valence-corrected chi connectivity index (χ0v) is 10.9. The molecule has 0 aliphatic carbocycles. The standard InChI is InChI=1S/C15H14FN3O/c1-10(11-5-4-6-12(17)9-11)18-19-15(20)13-7-2-3-8-14(13)16/h2-9H,17H2,1H3,(H,19,20)/b18-10-. The predicted octanol–water partition coefficient (Wildman–Crippen LogP) is 2.56. The summed E-state index contributed by atoms with van der Waals surface area (Å²) in [5.41, 5.74) is 9.94. The highest BCUT2D eigenvalue weighted by Gasteiger charge is 2.09. The number of hydrazone groups is 1. The Morgan fingerprint density at radius 2 is 1.95 bits per heavy atom. The van der Waals surface area contributed by atoms with E-state index in [2.05, 4.69) is 10.5 Å². The van der Waals surface area contributed by atoms with Crippen LogP contribution in [0.5, 0.6) is 0 Å². The normalized spacial score (nSPS) is 11.2. The lowest BCUT2D eigenvalue weighted by Crippen LogP contribution is -2.20. The first-order valence-electron chi connectivity index (χ1n) is 6.03. The van der Waals surface area contributed by atoms with Crippen molar-refractivity contribution in [1.29, 1.82) is 0 Å². The van der Waals surface area contributed by atoms with Crippen LogP contribution in [0.3, 0.4) is 0 Å². The summed E-state index contributed by atoms with van der Waals surface area (Å²) >= 11 is 0. The fraction of sp³-hybridized carbons (Fsp3) is 0.0667. The predicted molar refractivity (Wildman–Crippen MR) is 76.9 cm³/mol. The Morgan fingerprint density at radius 1 is 1.20 bits per heavy atom. The first kappa shape index (κ1) is 13.7. The van der Waals surface area contributed by atoms with E-state index < -0.39 is 11.7 Å². The van der Waals surface area contributed by atoms with Crippen molar-refractivity contribution in [3.63, 3.8) is 0 Å². The summed E-state index contributed by atoms with van der Waals surface area (Å²) in [5, 5.41) is 3.95. The highest BCUT2D eigenvalue weighted by molar-refractivity contribution is 6.01. The van der Waals surface area contributed by atoms with Crippen LogP contribution < -0.4 is 11.2 Å². The van der Waals surface area contributed by atoms with Gasteiger partial charge < -0.3 is 5.73 Å². The van der Waals surface area contributed by atoms with Crippen LogP contribution >= 0.6 is 0 Å². The Kier molecular flexibility index (Phi) is 4.10. The van der Waals surface area contributed by atoms with Crippen LogP contribution in [0.15, 0.2) is 53.6 Å². The molecule has 3 N–H and O–H groups in total. The van der Waals surface area contributed by atoms with Gasteiger partial charge in [-0.1, -0.05) is 24.3 Å². The van der Waals surface area contributed by atoms with Crippen LogP contribution in [-0.2, 0) is 0 Å². The van der Waals surface area contributed by atoms with Crippen molar-refractivity contribution >= 4 is 17.3 Å². The largest absolute Gasteiger partial charge is 0.399 e. The van der Waals surface area contributed by atoms with E-state index in [-0.39, 0.29) is 5.56 Å². The average molecular weight is 271 g/mol. The number of rotatable bonds is 3. The van der Waals surface area contributed by atoms with Gasteiger partial charge in [-0.3, -0.25) is 4.79 Å². The maximum Gasteiger partial charge on any atom is 0.274 e. The quantitative estimate of drug-likeness (QED) is 0.512. The molecule has 0 radical (unpaired) electrons. The van der Waals surface area contributed by atoms with Gasteiger partial charge in [0.25, 0.3) is 5.91 Å². The van der Waals surface area contributed by atoms with E-state index in [9.17, 15) is 9.18 Å². The smallest absolute Gasteiger partial charge is 0.274 e. The molecule has 0 atom stereocenters. The van der Waals surface area contributed by atoms with E-state index >= 15 is 0 Å². The highest BCUT2D eigenvalue weighted by atomic mass is 19.1. The summed E-state index contributed by atoms with van der Waals surface area (Å²) in [5.74, 6) is -1.17. The van der Waals surface area contributed by atoms with Crippen molar-refractivity contribution in [3.05, 3.63) is 65.5 Å². The minimum absolute atomic E-state index is 0.0448. The van der Waals surface area contributed by atoms with Gasteiger partial charge in [-0.05, 0) is 36.8 Å². The number of nitrogen functional groups attached to an aromatic ring is 1. The number of halogens is 1. The van der Waals surface area contributed by atoms with Gasteiger partial charge in [-0.25, -0.2) is 9.82 Å². The van der Waals surface area contributed by atoms with Gasteiger partial charge in [-0.15, -0.1) is 0 Å². The molecule has 0 fully saturated rings. The first-order valence-corrected chi connectivity index (χ1v) is 6.03. The van der Waals surface area contributed by atoms with Crippen LogP contribution in [0.4, 0.5) is 10.1 Å². The van der Waals surface area contributed by atoms with Gasteiger partial charge in [0.2, 0.25) is 0 Å². The minimum atomic E-state index is -0.591. The van der Waals surface area contributed by atoms with E-state index in [4.69, 9.17) is 5.73 Å². The molecular weight excluding hydrogens is 257 g/mol. The lowest BCUT2D eigenvalue weighted by Gasteiger charge is -2.04. The third-order valence-corrected chi connectivity index (χ3v) is 2.75. The molecule has 0 heterocycles. The third kappa shape index (κ3) is 3.20. The zero-order chi connectivity index (χ0) is 14.5. The molecule has 2 aromatic carbocycles. The number of nitrogens with two attached hydrogens (primary N) is 1. The fourth-order valence-electron chi connectivity index (χ4n) is 1.67. The maximum atomic E-state index is 13.4. The molecular formula is C15H14FN3O. The molecule has 2 rings (SSSR count). The van der Waals surface area contributed by atoms with Crippen molar-refractivity contribution in [1.82, 2.24) is 5.43 Å². The summed E-state index contributed by atoms with van der Waals surface area (Å²) in [6, 6.07) is 12.9. The van der Waals surface area contributed by atoms with Gasteiger partial charge in [-0.2, -0.15) is 5.10 Å². The van der Waals surface area contributed by atoms with Gasteiger partial charge in [0, 0.05) is 5.69 Å². The molecule has 0 aromatic heterocycles. The Hall–Kier alpha value is -2.69. The Labute approximate surface area is 116 Å². The van der Waals surface area contributed by atoms with E-state index in [0.717, 1.165) is 5.56 Å². The first-order chi connectivity index (χ1) is 9.58. The zero-order valence-electron chi connectivity index (χ0n) is 10.9. The molecule has 2 aromatic rings. The number of nitrogens with zero attached hydrogens (tertiary/aromatic N) is 1. The number of hydrogen-bond acceptors (Lipinski definition) is 3. The molecule has 0 spiro atoms. The number of hydrogen-bond donors (Lipinski definition) is 2. The number of benzene rings is 2. The monoisotopic (exact) mass is 271 g/mol. The van der Waals surface area contributed by atoms with Gasteiger partial charge in [0.15, 0.2) is 0 Å². The second kappa shape index (κ2) is 5.97. The second-order valence-corrected chi connectivity index (χ2v) is 4.24. The maximum absolute atomic E-state index is 13.4. The summed E-state index contributed by atoms with van der Waals surface area (Å²) < 4.78 is 13.4. The number of amides is 1. The number of carbonyl (C=O) groups excluding carboxylic acids is 1. The van der Waals surface area contributed by atoms with Crippen molar-refractivity contribution < 1.29 is 9.18 Å². The molecule has 0 bridgehead atoms. The van der Waals surface area contributed by atoms with Crippen LogP contribution in [0, 0.1) is 5.82 Å². The molecule has 1 amide bonds. The molecule has 102 valence electrons. The minimum Gasteiger partial charge on any atom is -0.399 e. The Bertz CT molecular complexity index is 668. The van der Waals surface area contributed by atoms with Crippen LogP contribution in [0.1, 0.15) is 22.8 Å². The highest BCUT2D eigenvalue weighted by Crippen LogP contribution is 2.08. The molecule has 0 saturated carbocycles. The molecule has 20 heavy (non-hydrogen) atoms. The van der Waals surface area contributed by atoms with Crippen LogP contribution in [0.25, 0.3) is 0 Å². The summed E-state index contributed by atoms with van der Waals surface area (Å²) in [6.07, 6.45) is 0. The number of nitrogens with one attached hydrogen (secondary N) is 1. The molecule has 4 nitrogen and oxygen atoms in total. The fourth-order valence-corrected chi connectivity index (χ4v) is 1.67. The molecule has 0 saturated heterocycles. The summed E-state index contributed by atoms with van der Waals surface area (Å²) in [7, 11) is 0. The van der Waals surface area contributed by atoms with E-state index in [1.165, 1.54) is 18.2 Å². The summed E-state index contributed by atoms with van der Waals surface area (Å²) in [6.45, 7) is 1.73. The number of carbonyl (C=O) groups is 1. The third-order valence-electron chi connectivity index (χ3n) is 2.75. The lowest BCUT2D eigenvalue weighted by atomic mass is 10.1. The summed E-state index contributed by atoms with van der Waals surface area (Å²) in [4.78, 5) is 11.8. The molecule has 0 unspecified atom stereocenters. The topological polar surface area (TPSA) is 67.5 Å². The van der Waals surface area contributed by atoms with Gasteiger partial charge >= 0.3 is 0 Å². The van der Waals surface area contributed by atoms with Crippen LogP contribution in [0.2, 0.25) is 0 Å². The van der Waals surface area contributed by atoms with Crippen molar-refractivity contribution in [2.75, 3.05) is 5.73 Å². The van der Waals surface area contributed by atoms with Crippen molar-refractivity contribution in [2.45, 2.75) is 6.92 Å². The number of anilines is 1. The van der Waals surface area contributed by atoms with Gasteiger partial charge in [0.1, 0.15) is 5.82 Å². The Balaban J connectivity index is 2.13. The molecule has 0 aliphatic rings. The van der Waals surface area contributed by atoms with Crippen LogP contribution in [-0.4, -0.2) is 11.6 Å².